The van der Waals surface area contributed by atoms with Crippen LogP contribution in [-0.4, -0.2) is 61.6 Å². The number of esters is 1. The molecule has 2 N–H and O–H groups in total. The first-order valence-electron chi connectivity index (χ1n) is 10.1. The Morgan fingerprint density at radius 2 is 1.71 bits per heavy atom. The van der Waals surface area contributed by atoms with Crippen LogP contribution in [0.15, 0.2) is 30.3 Å². The highest BCUT2D eigenvalue weighted by Crippen LogP contribution is 2.10. The summed E-state index contributed by atoms with van der Waals surface area (Å²) in [6.07, 6.45) is 1.85. The number of hydrogen-bond donors (Lipinski definition) is 2. The lowest BCUT2D eigenvalue weighted by molar-refractivity contribution is -0.147. The van der Waals surface area contributed by atoms with E-state index in [1.165, 1.54) is 18.9 Å². The lowest BCUT2D eigenvalue weighted by atomic mass is 10.0. The third kappa shape index (κ3) is 9.87. The molecule has 8 nitrogen and oxygen atoms in total. The number of ether oxygens (including phenoxy) is 2. The van der Waals surface area contributed by atoms with Crippen molar-refractivity contribution in [3.63, 3.8) is 0 Å². The quantitative estimate of drug-likeness (QED) is 0.327. The Kier molecular flexibility index (Phi) is 12.3. The van der Waals surface area contributed by atoms with Crippen molar-refractivity contribution in [2.75, 3.05) is 19.1 Å². The van der Waals surface area contributed by atoms with Gasteiger partial charge < -0.3 is 20.1 Å². The van der Waals surface area contributed by atoms with E-state index >= 15 is 0 Å². The molecule has 0 aromatic heterocycles. The molecular weight excluding hydrogens is 420 g/mol. The largest absolute Gasteiger partial charge is 0.467 e. The minimum absolute atomic E-state index is 0.0957. The van der Waals surface area contributed by atoms with Gasteiger partial charge in [-0.1, -0.05) is 44.2 Å². The number of thioether (sulfide) groups is 1. The van der Waals surface area contributed by atoms with Crippen molar-refractivity contribution in [3.05, 3.63) is 35.9 Å². The van der Waals surface area contributed by atoms with Gasteiger partial charge in [0.25, 0.3) is 12.4 Å². The summed E-state index contributed by atoms with van der Waals surface area (Å²) in [4.78, 5) is 48.6. The van der Waals surface area contributed by atoms with Crippen LogP contribution in [0.25, 0.3) is 0 Å². The van der Waals surface area contributed by atoms with Crippen LogP contribution in [0.1, 0.15) is 32.3 Å². The second kappa shape index (κ2) is 14.5. The van der Waals surface area contributed by atoms with Crippen molar-refractivity contribution in [2.24, 2.45) is 5.92 Å². The Balaban J connectivity index is 2.93. The smallest absolute Gasteiger partial charge is 0.328 e. The van der Waals surface area contributed by atoms with Crippen LogP contribution in [0.2, 0.25) is 0 Å². The number of amides is 2. The molecule has 0 heterocycles. The van der Waals surface area contributed by atoms with Gasteiger partial charge in [-0.05, 0) is 29.9 Å². The van der Waals surface area contributed by atoms with Crippen molar-refractivity contribution in [1.82, 2.24) is 10.6 Å². The first kappa shape index (κ1) is 26.5. The highest BCUT2D eigenvalue weighted by molar-refractivity contribution is 7.98. The number of carbonyl (C=O) groups is 4. The van der Waals surface area contributed by atoms with Gasteiger partial charge in [-0.3, -0.25) is 14.4 Å². The fraction of sp³-hybridized carbons (Fsp3) is 0.545. The second-order valence-corrected chi connectivity index (χ2v) is 8.45. The Bertz CT molecular complexity index is 713. The summed E-state index contributed by atoms with van der Waals surface area (Å²) < 4.78 is 9.74. The van der Waals surface area contributed by atoms with E-state index in [4.69, 9.17) is 9.47 Å². The van der Waals surface area contributed by atoms with Crippen LogP contribution in [0, 0.1) is 5.92 Å². The van der Waals surface area contributed by atoms with E-state index in [2.05, 4.69) is 10.6 Å². The van der Waals surface area contributed by atoms with Gasteiger partial charge in [0.2, 0.25) is 5.91 Å². The molecule has 0 unspecified atom stereocenters. The number of methoxy groups -OCH3 is 1. The fourth-order valence-corrected chi connectivity index (χ4v) is 3.43. The summed E-state index contributed by atoms with van der Waals surface area (Å²) >= 11 is 1.52. The van der Waals surface area contributed by atoms with Crippen LogP contribution in [0.5, 0.6) is 0 Å². The van der Waals surface area contributed by atoms with Gasteiger partial charge in [0.1, 0.15) is 12.1 Å². The molecule has 0 radical (unpaired) electrons. The zero-order valence-electron chi connectivity index (χ0n) is 18.5. The van der Waals surface area contributed by atoms with E-state index < -0.39 is 36.0 Å². The molecule has 9 heteroatoms. The van der Waals surface area contributed by atoms with E-state index in [1.807, 2.05) is 50.4 Å². The predicted octanol–water partition coefficient (Wildman–Crippen LogP) is 1.71. The molecule has 1 aromatic rings. The highest BCUT2D eigenvalue weighted by atomic mass is 32.2. The molecular formula is C22H32N2O6S. The molecule has 0 aliphatic carbocycles. The number of nitrogens with one attached hydrogen (secondary N) is 2. The SMILES string of the molecule is COC(=O)[C@H](Cc1ccccc1)NC(=O)[C@H](CC(C)C)NC(=O)[C@H](CCSC)OC=O. The maximum absolute atomic E-state index is 13.0. The molecule has 31 heavy (non-hydrogen) atoms. The third-order valence-electron chi connectivity index (χ3n) is 4.52. The fourth-order valence-electron chi connectivity index (χ4n) is 2.98. The van der Waals surface area contributed by atoms with Crippen molar-refractivity contribution >= 4 is 36.0 Å². The third-order valence-corrected chi connectivity index (χ3v) is 5.17. The molecule has 2 amide bonds. The van der Waals surface area contributed by atoms with Crippen molar-refractivity contribution in [3.8, 4) is 0 Å². The van der Waals surface area contributed by atoms with Crippen molar-refractivity contribution < 1.29 is 28.7 Å². The van der Waals surface area contributed by atoms with Gasteiger partial charge in [0.15, 0.2) is 6.10 Å². The molecule has 3 atom stereocenters. The van der Waals surface area contributed by atoms with E-state index in [0.717, 1.165) is 5.56 Å². The molecule has 1 rings (SSSR count). The van der Waals surface area contributed by atoms with Gasteiger partial charge in [-0.15, -0.1) is 0 Å². The summed E-state index contributed by atoms with van der Waals surface area (Å²) in [6, 6.07) is 7.46. The molecule has 0 spiro atoms. The summed E-state index contributed by atoms with van der Waals surface area (Å²) in [5, 5.41) is 5.37. The molecule has 172 valence electrons. The monoisotopic (exact) mass is 452 g/mol. The molecule has 1 aromatic carbocycles. The normalized spacial score (nSPS) is 13.6. The predicted molar refractivity (Wildman–Crippen MR) is 119 cm³/mol. The van der Waals surface area contributed by atoms with Crippen LogP contribution in [0.3, 0.4) is 0 Å². The maximum atomic E-state index is 13.0. The summed E-state index contributed by atoms with van der Waals surface area (Å²) in [7, 11) is 1.26. The van der Waals surface area contributed by atoms with Crippen molar-refractivity contribution in [1.29, 1.82) is 0 Å². The van der Waals surface area contributed by atoms with Crippen LogP contribution >= 0.6 is 11.8 Å². The average Bonchev–Trinajstić information content (AvgIpc) is 2.75. The Morgan fingerprint density at radius 1 is 1.06 bits per heavy atom. The van der Waals surface area contributed by atoms with Gasteiger partial charge in [0, 0.05) is 12.8 Å². The summed E-state index contributed by atoms with van der Waals surface area (Å²) in [5.41, 5.74) is 0.860. The van der Waals surface area contributed by atoms with E-state index in [9.17, 15) is 19.2 Å². The number of rotatable bonds is 14. The van der Waals surface area contributed by atoms with E-state index in [-0.39, 0.29) is 18.8 Å². The first-order chi connectivity index (χ1) is 14.8. The zero-order valence-corrected chi connectivity index (χ0v) is 19.3. The lowest BCUT2D eigenvalue weighted by Crippen LogP contribution is -2.54. The summed E-state index contributed by atoms with van der Waals surface area (Å²) in [5.74, 6) is -0.899. The molecule has 0 aliphatic heterocycles. The van der Waals surface area contributed by atoms with Gasteiger partial charge in [0.05, 0.1) is 7.11 Å². The standard InChI is InChI=1S/C22H32N2O6S/c1-15(2)12-17(23-21(27)19(30-14-25)10-11-31-4)20(26)24-18(22(28)29-3)13-16-8-6-5-7-9-16/h5-9,14-15,17-19H,10-13H2,1-4H3,(H,23,27)(H,24,26)/t17-,18-,19-/m0/s1. The average molecular weight is 453 g/mol. The number of carbonyl (C=O) groups excluding carboxylic acids is 4. The number of hydrogen-bond acceptors (Lipinski definition) is 7. The number of benzene rings is 1. The molecule has 0 bridgehead atoms. The summed E-state index contributed by atoms with van der Waals surface area (Å²) in [6.45, 7) is 4.07. The highest BCUT2D eigenvalue weighted by Gasteiger charge is 2.30. The van der Waals surface area contributed by atoms with E-state index in [1.54, 1.807) is 0 Å². The van der Waals surface area contributed by atoms with Crippen molar-refractivity contribution in [2.45, 2.75) is 51.3 Å². The topological polar surface area (TPSA) is 111 Å². The van der Waals surface area contributed by atoms with Crippen LogP contribution in [0.4, 0.5) is 0 Å². The molecule has 0 aliphatic rings. The van der Waals surface area contributed by atoms with Crippen LogP contribution in [-0.2, 0) is 35.1 Å². The van der Waals surface area contributed by atoms with Gasteiger partial charge in [-0.2, -0.15) is 11.8 Å². The molecule has 0 saturated heterocycles. The van der Waals surface area contributed by atoms with Crippen LogP contribution < -0.4 is 10.6 Å². The van der Waals surface area contributed by atoms with Gasteiger partial charge >= 0.3 is 5.97 Å². The Labute approximate surface area is 187 Å². The Morgan fingerprint density at radius 3 is 2.26 bits per heavy atom. The lowest BCUT2D eigenvalue weighted by Gasteiger charge is -2.25. The minimum Gasteiger partial charge on any atom is -0.467 e. The zero-order chi connectivity index (χ0) is 23.2. The Hall–Kier alpha value is -2.55. The van der Waals surface area contributed by atoms with E-state index in [0.29, 0.717) is 18.6 Å². The van der Waals surface area contributed by atoms with Gasteiger partial charge in [-0.25, -0.2) is 4.79 Å². The first-order valence-corrected chi connectivity index (χ1v) is 11.5. The molecule has 0 saturated carbocycles. The minimum atomic E-state index is -0.979. The maximum Gasteiger partial charge on any atom is 0.328 e. The second-order valence-electron chi connectivity index (χ2n) is 7.47. The molecule has 0 fully saturated rings.